The van der Waals surface area contributed by atoms with Gasteiger partial charge in [0.05, 0.1) is 24.0 Å². The molecule has 2 N–H and O–H groups in total. The average molecular weight is 247 g/mol. The van der Waals surface area contributed by atoms with Crippen LogP contribution < -0.4 is 10.6 Å². The number of pyridine rings is 1. The summed E-state index contributed by atoms with van der Waals surface area (Å²) in [7, 11) is 1.73. The lowest BCUT2D eigenvalue weighted by Gasteiger charge is -2.07. The van der Waals surface area contributed by atoms with E-state index in [-0.39, 0.29) is 12.5 Å². The lowest BCUT2D eigenvalue weighted by molar-refractivity contribution is 0.0950. The van der Waals surface area contributed by atoms with Gasteiger partial charge in [0.15, 0.2) is 5.82 Å². The summed E-state index contributed by atoms with van der Waals surface area (Å²) in [5.74, 6) is 0.698. The number of rotatable bonds is 4. The minimum absolute atomic E-state index is 0.218. The SMILES string of the molecule is CNc1cnccc1C(=O)NCc1noc(C)n1. The van der Waals surface area contributed by atoms with Crippen LogP contribution in [0.3, 0.4) is 0 Å². The number of hydrogen-bond acceptors (Lipinski definition) is 6. The molecule has 0 aliphatic rings. The van der Waals surface area contributed by atoms with E-state index in [0.29, 0.717) is 23.0 Å². The Balaban J connectivity index is 2.03. The Bertz CT molecular complexity index is 552. The number of amides is 1. The summed E-state index contributed by atoms with van der Waals surface area (Å²) in [6.07, 6.45) is 3.15. The van der Waals surface area contributed by atoms with Crippen LogP contribution in [0, 0.1) is 6.92 Å². The van der Waals surface area contributed by atoms with Crippen molar-refractivity contribution >= 4 is 11.6 Å². The zero-order chi connectivity index (χ0) is 13.0. The second-order valence-corrected chi connectivity index (χ2v) is 3.58. The second-order valence-electron chi connectivity index (χ2n) is 3.58. The molecule has 2 aromatic rings. The summed E-state index contributed by atoms with van der Waals surface area (Å²) in [6, 6.07) is 1.64. The van der Waals surface area contributed by atoms with Crippen LogP contribution in [0.15, 0.2) is 23.0 Å². The number of nitrogens with one attached hydrogen (secondary N) is 2. The molecule has 2 rings (SSSR count). The summed E-state index contributed by atoms with van der Waals surface area (Å²) >= 11 is 0. The van der Waals surface area contributed by atoms with Crippen LogP contribution in [0.4, 0.5) is 5.69 Å². The fraction of sp³-hybridized carbons (Fsp3) is 0.273. The van der Waals surface area contributed by atoms with Crippen LogP contribution in [0.1, 0.15) is 22.1 Å². The van der Waals surface area contributed by atoms with Crippen molar-refractivity contribution in [3.8, 4) is 0 Å². The third kappa shape index (κ3) is 2.62. The van der Waals surface area contributed by atoms with Crippen molar-refractivity contribution in [3.63, 3.8) is 0 Å². The monoisotopic (exact) mass is 247 g/mol. The van der Waals surface area contributed by atoms with Crippen molar-refractivity contribution < 1.29 is 9.32 Å². The molecule has 0 atom stereocenters. The van der Waals surface area contributed by atoms with E-state index in [9.17, 15) is 4.79 Å². The molecule has 2 aromatic heterocycles. The molecular formula is C11H13N5O2. The predicted molar refractivity (Wildman–Crippen MR) is 64.0 cm³/mol. The van der Waals surface area contributed by atoms with Gasteiger partial charge in [-0.2, -0.15) is 4.98 Å². The zero-order valence-corrected chi connectivity index (χ0v) is 10.1. The Morgan fingerprint density at radius 1 is 1.50 bits per heavy atom. The number of aromatic nitrogens is 3. The van der Waals surface area contributed by atoms with E-state index in [4.69, 9.17) is 4.52 Å². The molecule has 0 fully saturated rings. The first-order chi connectivity index (χ1) is 8.70. The standard InChI is InChI=1S/C11H13N5O2/c1-7-15-10(16-18-7)6-14-11(17)8-3-4-13-5-9(8)12-2/h3-5,12H,6H2,1-2H3,(H,14,17). The van der Waals surface area contributed by atoms with Crippen molar-refractivity contribution in [2.24, 2.45) is 0 Å². The lowest BCUT2D eigenvalue weighted by Crippen LogP contribution is -2.24. The number of nitrogens with zero attached hydrogens (tertiary/aromatic N) is 3. The summed E-state index contributed by atoms with van der Waals surface area (Å²) < 4.78 is 4.81. The van der Waals surface area contributed by atoms with Crippen LogP contribution in [-0.4, -0.2) is 28.1 Å². The third-order valence-electron chi connectivity index (χ3n) is 2.31. The number of anilines is 1. The maximum atomic E-state index is 11.9. The van der Waals surface area contributed by atoms with Gasteiger partial charge in [0.1, 0.15) is 0 Å². The molecule has 0 aromatic carbocycles. The molecule has 0 aliphatic carbocycles. The van der Waals surface area contributed by atoms with Crippen molar-refractivity contribution in [1.29, 1.82) is 0 Å². The van der Waals surface area contributed by atoms with Crippen molar-refractivity contribution in [2.45, 2.75) is 13.5 Å². The summed E-state index contributed by atoms with van der Waals surface area (Å²) in [4.78, 5) is 19.9. The summed E-state index contributed by atoms with van der Waals surface area (Å²) in [5, 5.41) is 9.31. The highest BCUT2D eigenvalue weighted by atomic mass is 16.5. The molecule has 1 amide bonds. The molecule has 7 heteroatoms. The molecule has 0 bridgehead atoms. The molecule has 0 unspecified atom stereocenters. The van der Waals surface area contributed by atoms with E-state index in [1.54, 1.807) is 32.4 Å². The van der Waals surface area contributed by atoms with Crippen molar-refractivity contribution in [1.82, 2.24) is 20.4 Å². The fourth-order valence-electron chi connectivity index (χ4n) is 1.46. The van der Waals surface area contributed by atoms with Gasteiger partial charge in [0.25, 0.3) is 5.91 Å². The molecule has 0 saturated carbocycles. The van der Waals surface area contributed by atoms with Crippen LogP contribution in [0.2, 0.25) is 0 Å². The van der Waals surface area contributed by atoms with Gasteiger partial charge in [-0.25, -0.2) is 0 Å². The van der Waals surface area contributed by atoms with E-state index in [1.165, 1.54) is 0 Å². The predicted octanol–water partition coefficient (Wildman–Crippen LogP) is 0.745. The number of hydrogen-bond donors (Lipinski definition) is 2. The molecule has 0 spiro atoms. The van der Waals surface area contributed by atoms with Gasteiger partial charge in [-0.15, -0.1) is 0 Å². The molecule has 0 saturated heterocycles. The summed E-state index contributed by atoms with van der Waals surface area (Å²) in [5.41, 5.74) is 1.19. The lowest BCUT2D eigenvalue weighted by atomic mass is 10.2. The van der Waals surface area contributed by atoms with E-state index in [2.05, 4.69) is 25.8 Å². The normalized spacial score (nSPS) is 10.1. The van der Waals surface area contributed by atoms with Crippen LogP contribution >= 0.6 is 0 Å². The van der Waals surface area contributed by atoms with Crippen LogP contribution in [-0.2, 0) is 6.54 Å². The molecule has 0 aliphatic heterocycles. The van der Waals surface area contributed by atoms with Gasteiger partial charge < -0.3 is 15.2 Å². The van der Waals surface area contributed by atoms with Gasteiger partial charge in [0, 0.05) is 20.2 Å². The number of carbonyl (C=O) groups is 1. The van der Waals surface area contributed by atoms with Crippen LogP contribution in [0.5, 0.6) is 0 Å². The van der Waals surface area contributed by atoms with Crippen molar-refractivity contribution in [2.75, 3.05) is 12.4 Å². The molecule has 94 valence electrons. The number of carbonyl (C=O) groups excluding carboxylic acids is 1. The van der Waals surface area contributed by atoms with Gasteiger partial charge in [0.2, 0.25) is 5.89 Å². The van der Waals surface area contributed by atoms with Crippen LogP contribution in [0.25, 0.3) is 0 Å². The third-order valence-corrected chi connectivity index (χ3v) is 2.31. The molecule has 0 radical (unpaired) electrons. The van der Waals surface area contributed by atoms with E-state index < -0.39 is 0 Å². The quantitative estimate of drug-likeness (QED) is 0.828. The first-order valence-corrected chi connectivity index (χ1v) is 5.40. The maximum absolute atomic E-state index is 11.9. The van der Waals surface area contributed by atoms with Crippen molar-refractivity contribution in [3.05, 3.63) is 35.7 Å². The van der Waals surface area contributed by atoms with Gasteiger partial charge >= 0.3 is 0 Å². The second kappa shape index (κ2) is 5.26. The Morgan fingerprint density at radius 3 is 3.00 bits per heavy atom. The average Bonchev–Trinajstić information content (AvgIpc) is 2.81. The van der Waals surface area contributed by atoms with E-state index in [1.807, 2.05) is 0 Å². The molecule has 2 heterocycles. The smallest absolute Gasteiger partial charge is 0.253 e. The minimum atomic E-state index is -0.218. The number of aryl methyl sites for hydroxylation is 1. The van der Waals surface area contributed by atoms with Gasteiger partial charge in [-0.1, -0.05) is 5.16 Å². The molecule has 18 heavy (non-hydrogen) atoms. The zero-order valence-electron chi connectivity index (χ0n) is 10.1. The minimum Gasteiger partial charge on any atom is -0.386 e. The largest absolute Gasteiger partial charge is 0.386 e. The Kier molecular flexibility index (Phi) is 3.52. The van der Waals surface area contributed by atoms with Gasteiger partial charge in [-0.3, -0.25) is 9.78 Å². The Morgan fingerprint density at radius 2 is 2.33 bits per heavy atom. The fourth-order valence-corrected chi connectivity index (χ4v) is 1.46. The van der Waals surface area contributed by atoms with Gasteiger partial charge in [-0.05, 0) is 6.07 Å². The molecular weight excluding hydrogens is 234 g/mol. The summed E-state index contributed by atoms with van der Waals surface area (Å²) in [6.45, 7) is 1.92. The highest BCUT2D eigenvalue weighted by Gasteiger charge is 2.11. The Labute approximate surface area is 104 Å². The highest BCUT2D eigenvalue weighted by Crippen LogP contribution is 2.12. The molecule has 7 nitrogen and oxygen atoms in total. The first kappa shape index (κ1) is 12.0. The highest BCUT2D eigenvalue weighted by molar-refractivity contribution is 5.99. The topological polar surface area (TPSA) is 92.9 Å². The van der Waals surface area contributed by atoms with E-state index >= 15 is 0 Å². The maximum Gasteiger partial charge on any atom is 0.253 e. The Hall–Kier alpha value is -2.44. The van der Waals surface area contributed by atoms with E-state index in [0.717, 1.165) is 0 Å². The first-order valence-electron chi connectivity index (χ1n) is 5.40.